The van der Waals surface area contributed by atoms with Gasteiger partial charge in [-0.2, -0.15) is 5.10 Å². The van der Waals surface area contributed by atoms with Crippen LogP contribution in [0.25, 0.3) is 11.3 Å². The fourth-order valence-corrected chi connectivity index (χ4v) is 1.98. The molecule has 0 fully saturated rings. The largest absolute Gasteiger partial charge is 0.496 e. The molecular formula is C14H16N2O3. The molecule has 0 bridgehead atoms. The maximum Gasteiger partial charge on any atom is 0.354 e. The third-order valence-corrected chi connectivity index (χ3v) is 2.93. The van der Waals surface area contributed by atoms with Crippen LogP contribution in [0.1, 0.15) is 23.0 Å². The third-order valence-electron chi connectivity index (χ3n) is 2.93. The first-order valence-corrected chi connectivity index (χ1v) is 6.03. The maximum absolute atomic E-state index is 11.2. The molecule has 1 aromatic heterocycles. The van der Waals surface area contributed by atoms with Crippen LogP contribution in [0.5, 0.6) is 5.75 Å². The van der Waals surface area contributed by atoms with Gasteiger partial charge >= 0.3 is 5.97 Å². The lowest BCUT2D eigenvalue weighted by Crippen LogP contribution is -2.08. The van der Waals surface area contributed by atoms with Crippen molar-refractivity contribution < 1.29 is 14.6 Å². The van der Waals surface area contributed by atoms with Gasteiger partial charge in [-0.3, -0.25) is 4.68 Å². The molecule has 1 N–H and O–H groups in total. The molecule has 2 aromatic rings. The van der Waals surface area contributed by atoms with Crippen LogP contribution < -0.4 is 4.74 Å². The van der Waals surface area contributed by atoms with Gasteiger partial charge in [0, 0.05) is 12.1 Å². The average Bonchev–Trinajstić information content (AvgIpc) is 2.82. The standard InChI is InChI=1S/C14H16N2O3/c1-4-16-12(14(17)18)8-11(15-16)10-7-9(2)5-6-13(10)19-3/h5-8H,4H2,1-3H3,(H,17,18). The molecule has 100 valence electrons. The van der Waals surface area contributed by atoms with E-state index in [-0.39, 0.29) is 5.69 Å². The van der Waals surface area contributed by atoms with Crippen molar-refractivity contribution in [3.8, 4) is 17.0 Å². The van der Waals surface area contributed by atoms with E-state index in [1.807, 2.05) is 32.0 Å². The predicted molar refractivity (Wildman–Crippen MR) is 71.6 cm³/mol. The molecule has 0 aliphatic heterocycles. The fourth-order valence-electron chi connectivity index (χ4n) is 1.98. The van der Waals surface area contributed by atoms with Crippen LogP contribution >= 0.6 is 0 Å². The summed E-state index contributed by atoms with van der Waals surface area (Å²) in [5, 5.41) is 13.5. The summed E-state index contributed by atoms with van der Waals surface area (Å²) in [4.78, 5) is 11.2. The van der Waals surface area contributed by atoms with E-state index in [0.29, 0.717) is 18.0 Å². The molecule has 5 heteroatoms. The average molecular weight is 260 g/mol. The summed E-state index contributed by atoms with van der Waals surface area (Å²) in [5.41, 5.74) is 2.66. The number of ether oxygens (including phenoxy) is 1. The summed E-state index contributed by atoms with van der Waals surface area (Å²) in [7, 11) is 1.59. The number of aromatic carboxylic acids is 1. The highest BCUT2D eigenvalue weighted by Gasteiger charge is 2.16. The van der Waals surface area contributed by atoms with Gasteiger partial charge in [0.2, 0.25) is 0 Å². The molecule has 0 spiro atoms. The quantitative estimate of drug-likeness (QED) is 0.917. The molecule has 0 unspecified atom stereocenters. The number of hydrogen-bond acceptors (Lipinski definition) is 3. The Morgan fingerprint density at radius 3 is 2.68 bits per heavy atom. The number of carboxylic acids is 1. The number of aromatic nitrogens is 2. The van der Waals surface area contributed by atoms with Gasteiger partial charge in [-0.05, 0) is 32.0 Å². The van der Waals surface area contributed by atoms with Crippen molar-refractivity contribution in [1.29, 1.82) is 0 Å². The van der Waals surface area contributed by atoms with Crippen LogP contribution in [-0.2, 0) is 6.54 Å². The SMILES string of the molecule is CCn1nc(-c2cc(C)ccc2OC)cc1C(=O)O. The van der Waals surface area contributed by atoms with E-state index in [0.717, 1.165) is 11.1 Å². The van der Waals surface area contributed by atoms with Crippen molar-refractivity contribution in [1.82, 2.24) is 9.78 Å². The Morgan fingerprint density at radius 2 is 2.16 bits per heavy atom. The van der Waals surface area contributed by atoms with Crippen LogP contribution in [-0.4, -0.2) is 28.0 Å². The zero-order chi connectivity index (χ0) is 14.0. The number of carbonyl (C=O) groups is 1. The molecule has 1 aromatic carbocycles. The zero-order valence-corrected chi connectivity index (χ0v) is 11.2. The third kappa shape index (κ3) is 2.45. The summed E-state index contributed by atoms with van der Waals surface area (Å²) in [6.07, 6.45) is 0. The van der Waals surface area contributed by atoms with Gasteiger partial charge in [-0.25, -0.2) is 4.79 Å². The Balaban J connectivity index is 2.59. The van der Waals surface area contributed by atoms with Crippen molar-refractivity contribution in [2.45, 2.75) is 20.4 Å². The van der Waals surface area contributed by atoms with E-state index >= 15 is 0 Å². The monoisotopic (exact) mass is 260 g/mol. The second-order valence-corrected chi connectivity index (χ2v) is 4.24. The Bertz CT molecular complexity index is 617. The van der Waals surface area contributed by atoms with Crippen molar-refractivity contribution in [3.63, 3.8) is 0 Å². The smallest absolute Gasteiger partial charge is 0.354 e. The lowest BCUT2D eigenvalue weighted by Gasteiger charge is -2.06. The van der Waals surface area contributed by atoms with Crippen LogP contribution in [0.4, 0.5) is 0 Å². The van der Waals surface area contributed by atoms with Gasteiger partial charge in [0.25, 0.3) is 0 Å². The summed E-state index contributed by atoms with van der Waals surface area (Å²) in [5.74, 6) is -0.296. The molecule has 0 saturated carbocycles. The summed E-state index contributed by atoms with van der Waals surface area (Å²) < 4.78 is 6.77. The van der Waals surface area contributed by atoms with Crippen LogP contribution in [0.2, 0.25) is 0 Å². The Morgan fingerprint density at radius 1 is 1.42 bits per heavy atom. The minimum Gasteiger partial charge on any atom is -0.496 e. The zero-order valence-electron chi connectivity index (χ0n) is 11.2. The molecule has 5 nitrogen and oxygen atoms in total. The summed E-state index contributed by atoms with van der Waals surface area (Å²) >= 11 is 0. The highest BCUT2D eigenvalue weighted by atomic mass is 16.5. The lowest BCUT2D eigenvalue weighted by atomic mass is 10.1. The van der Waals surface area contributed by atoms with Crippen LogP contribution in [0.15, 0.2) is 24.3 Å². The summed E-state index contributed by atoms with van der Waals surface area (Å²) in [6.45, 7) is 4.34. The maximum atomic E-state index is 11.2. The number of hydrogen-bond donors (Lipinski definition) is 1. The molecule has 2 rings (SSSR count). The minimum absolute atomic E-state index is 0.182. The van der Waals surface area contributed by atoms with Gasteiger partial charge < -0.3 is 9.84 Å². The van der Waals surface area contributed by atoms with E-state index in [9.17, 15) is 4.79 Å². The van der Waals surface area contributed by atoms with Crippen molar-refractivity contribution in [3.05, 3.63) is 35.5 Å². The number of rotatable bonds is 4. The molecule has 0 aliphatic rings. The van der Waals surface area contributed by atoms with E-state index in [2.05, 4.69) is 5.10 Å². The molecule has 0 saturated heterocycles. The van der Waals surface area contributed by atoms with Crippen molar-refractivity contribution >= 4 is 5.97 Å². The van der Waals surface area contributed by atoms with E-state index in [1.54, 1.807) is 13.2 Å². The molecule has 0 radical (unpaired) electrons. The number of aryl methyl sites for hydroxylation is 2. The van der Waals surface area contributed by atoms with Gasteiger partial charge in [0.1, 0.15) is 11.4 Å². The molecule has 0 atom stereocenters. The predicted octanol–water partition coefficient (Wildman–Crippen LogP) is 2.59. The normalized spacial score (nSPS) is 10.5. The van der Waals surface area contributed by atoms with Gasteiger partial charge in [-0.1, -0.05) is 11.6 Å². The highest BCUT2D eigenvalue weighted by Crippen LogP contribution is 2.30. The fraction of sp³-hybridized carbons (Fsp3) is 0.286. The second-order valence-electron chi connectivity index (χ2n) is 4.24. The second kappa shape index (κ2) is 5.14. The number of carboxylic acid groups (broad SMARTS) is 1. The Hall–Kier alpha value is -2.30. The number of benzene rings is 1. The molecule has 0 amide bonds. The van der Waals surface area contributed by atoms with Crippen LogP contribution in [0.3, 0.4) is 0 Å². The topological polar surface area (TPSA) is 64.4 Å². The lowest BCUT2D eigenvalue weighted by molar-refractivity contribution is 0.0683. The first-order chi connectivity index (χ1) is 9.06. The van der Waals surface area contributed by atoms with Gasteiger partial charge in [0.05, 0.1) is 12.8 Å². The Labute approximate surface area is 111 Å². The number of methoxy groups -OCH3 is 1. The van der Waals surface area contributed by atoms with Crippen molar-refractivity contribution in [2.75, 3.05) is 7.11 Å². The minimum atomic E-state index is -0.979. The first-order valence-electron chi connectivity index (χ1n) is 6.03. The van der Waals surface area contributed by atoms with E-state index < -0.39 is 5.97 Å². The van der Waals surface area contributed by atoms with Gasteiger partial charge in [0.15, 0.2) is 0 Å². The van der Waals surface area contributed by atoms with E-state index in [1.165, 1.54) is 4.68 Å². The van der Waals surface area contributed by atoms with Crippen LogP contribution in [0, 0.1) is 6.92 Å². The number of nitrogens with zero attached hydrogens (tertiary/aromatic N) is 2. The Kier molecular flexibility index (Phi) is 3.55. The van der Waals surface area contributed by atoms with Gasteiger partial charge in [-0.15, -0.1) is 0 Å². The molecule has 0 aliphatic carbocycles. The molecule has 1 heterocycles. The highest BCUT2D eigenvalue weighted by molar-refractivity contribution is 5.87. The molecule has 19 heavy (non-hydrogen) atoms. The first kappa shape index (κ1) is 13.1. The molecular weight excluding hydrogens is 244 g/mol. The van der Waals surface area contributed by atoms with E-state index in [4.69, 9.17) is 9.84 Å². The van der Waals surface area contributed by atoms with Crippen molar-refractivity contribution in [2.24, 2.45) is 0 Å². The summed E-state index contributed by atoms with van der Waals surface area (Å²) in [6, 6.07) is 7.31.